The molecular weight excluding hydrogens is 193 g/mol. The Balaban J connectivity index is -0.0000000480. The molecule has 0 aromatic rings. The van der Waals surface area contributed by atoms with Crippen LogP contribution in [0.4, 0.5) is 0 Å². The summed E-state index contributed by atoms with van der Waals surface area (Å²) in [5.41, 5.74) is 5.75. The molecule has 0 N–H and O–H groups in total. The molecule has 7 heavy (non-hydrogen) atoms. The van der Waals surface area contributed by atoms with Gasteiger partial charge in [0.05, 0.1) is 5.09 Å². The maximum absolute atomic E-state index is 8.25. The van der Waals surface area contributed by atoms with Gasteiger partial charge in [0.15, 0.2) is 0 Å². The molecule has 0 aromatic heterocycles. The van der Waals surface area contributed by atoms with Gasteiger partial charge < -0.3 is 15.3 Å². The van der Waals surface area contributed by atoms with Gasteiger partial charge in [-0.3, -0.25) is 0 Å². The van der Waals surface area contributed by atoms with Crippen LogP contribution in [0.2, 0.25) is 0 Å². The molecule has 0 atom stereocenters. The van der Waals surface area contributed by atoms with Crippen LogP contribution >= 0.6 is 0 Å². The van der Waals surface area contributed by atoms with Crippen molar-refractivity contribution in [1.29, 1.82) is 5.46 Å². The summed E-state index contributed by atoms with van der Waals surface area (Å²) in [6.45, 7) is 0. The third-order valence-electron chi connectivity index (χ3n) is 0. The third kappa shape index (κ3) is 261. The van der Waals surface area contributed by atoms with Gasteiger partial charge in [-0.05, 0) is 0 Å². The van der Waals surface area contributed by atoms with E-state index < -0.39 is 5.09 Å². The normalized spacial score (nSPS) is 3.71. The fourth-order valence-corrected chi connectivity index (χ4v) is 0. The second-order valence-electron chi connectivity index (χ2n) is 0.224. The van der Waals surface area contributed by atoms with Crippen molar-refractivity contribution in [3.05, 3.63) is 15.3 Å². The van der Waals surface area contributed by atoms with Crippen molar-refractivity contribution in [1.82, 2.24) is 0 Å². The van der Waals surface area contributed by atoms with Crippen molar-refractivity contribution >= 4 is 0 Å². The smallest absolute Gasteiger partial charge is 0.0689 e. The van der Waals surface area contributed by atoms with E-state index in [4.69, 9.17) is 25.6 Å². The predicted octanol–water partition coefficient (Wildman–Crippen LogP) is -0.345. The van der Waals surface area contributed by atoms with Crippen LogP contribution in [0.15, 0.2) is 0 Å². The van der Waals surface area contributed by atoms with Gasteiger partial charge in [-0.1, -0.05) is 0 Å². The van der Waals surface area contributed by atoms with Gasteiger partial charge >= 0.3 is 10.2 Å². The second kappa shape index (κ2) is 17.8. The number of hydrogen-bond acceptors (Lipinski definition) is 4. The first-order valence-corrected chi connectivity index (χ1v) is 0.730. The van der Waals surface area contributed by atoms with Gasteiger partial charge in [-0.15, -0.1) is 0 Å². The number of rotatable bonds is 0. The van der Waals surface area contributed by atoms with Crippen molar-refractivity contribution in [3.63, 3.8) is 0 Å². The second-order valence-corrected chi connectivity index (χ2v) is 0.224. The molecule has 0 fully saturated rings. The summed E-state index contributed by atoms with van der Waals surface area (Å²) in [5.74, 6) is 0. The average Bonchev–Trinajstić information content (AvgIpc) is 1.41. The van der Waals surface area contributed by atoms with E-state index in [2.05, 4.69) is 0 Å². The summed E-state index contributed by atoms with van der Waals surface area (Å²) in [4.78, 5) is 8.25. The zero-order valence-corrected chi connectivity index (χ0v) is 4.62. The van der Waals surface area contributed by atoms with Crippen molar-refractivity contribution in [2.75, 3.05) is 0 Å². The molecular formula is N2O4Ru. The topological polar surface area (TPSA) is 110 Å². The Labute approximate surface area is 50.9 Å². The fourth-order valence-electron chi connectivity index (χ4n) is 0. The number of nitrogens with zero attached hydrogens (tertiary/aromatic N) is 2. The summed E-state index contributed by atoms with van der Waals surface area (Å²) >= 11 is 0. The summed E-state index contributed by atoms with van der Waals surface area (Å²) < 4.78 is 7.25. The Morgan fingerprint density at radius 2 is 1.43 bits per heavy atom. The molecule has 7 heteroatoms. The van der Waals surface area contributed by atoms with Gasteiger partial charge in [-0.2, -0.15) is 0 Å². The standard InChI is InChI=1S/NO3.NO.Ru/c2-1(3)4;1-2;/q-1;+1;. The Bertz CT molecular complexity index is 54.0. The Morgan fingerprint density at radius 3 is 1.43 bits per heavy atom. The molecule has 0 aliphatic rings. The Kier molecular flexibility index (Phi) is 40.9. The largest absolute Gasteiger partial charge is 0.356 e. The maximum Gasteiger partial charge on any atom is 0.0689 e. The summed E-state index contributed by atoms with van der Waals surface area (Å²) in [6, 6.07) is 0. The molecule has 0 saturated carbocycles. The first-order chi connectivity index (χ1) is 2.73. The van der Waals surface area contributed by atoms with Gasteiger partial charge in [-0.25, -0.2) is 0 Å². The Morgan fingerprint density at radius 1 is 1.43 bits per heavy atom. The van der Waals surface area contributed by atoms with Crippen LogP contribution < -0.4 is 0 Å². The summed E-state index contributed by atoms with van der Waals surface area (Å²) in [7, 11) is 0. The van der Waals surface area contributed by atoms with Gasteiger partial charge in [0.2, 0.25) is 0 Å². The molecule has 0 rings (SSSR count). The zero-order chi connectivity index (χ0) is 5.58. The molecule has 0 saturated heterocycles. The van der Waals surface area contributed by atoms with Crippen molar-refractivity contribution in [3.8, 4) is 0 Å². The van der Waals surface area contributed by atoms with Crippen LogP contribution in [-0.4, -0.2) is 5.09 Å². The molecule has 0 bridgehead atoms. The van der Waals surface area contributed by atoms with E-state index in [-0.39, 0.29) is 19.5 Å². The number of hydrogen-bond donors (Lipinski definition) is 0. The third-order valence-corrected chi connectivity index (χ3v) is 0. The Hall–Kier alpha value is -0.507. The predicted molar refractivity (Wildman–Crippen MR) is 12.8 cm³/mol. The van der Waals surface area contributed by atoms with Gasteiger partial charge in [0.25, 0.3) is 0 Å². The zero-order valence-electron chi connectivity index (χ0n) is 2.88. The first-order valence-electron chi connectivity index (χ1n) is 0.730. The molecule has 0 amide bonds. The molecule has 0 aromatic carbocycles. The molecule has 0 radical (unpaired) electrons. The van der Waals surface area contributed by atoms with Crippen LogP contribution in [0.3, 0.4) is 0 Å². The fraction of sp³-hybridized carbons (Fsp3) is 0. The molecule has 42 valence electrons. The summed E-state index contributed by atoms with van der Waals surface area (Å²) in [5, 5.41) is 14.8. The van der Waals surface area contributed by atoms with Crippen LogP contribution in [0, 0.1) is 20.8 Å². The van der Waals surface area contributed by atoms with E-state index in [0.29, 0.717) is 0 Å². The van der Waals surface area contributed by atoms with Crippen molar-refractivity contribution < 1.29 is 29.3 Å². The molecule has 6 nitrogen and oxygen atoms in total. The average molecular weight is 193 g/mol. The van der Waals surface area contributed by atoms with Crippen LogP contribution in [-0.2, 0) is 24.3 Å². The minimum Gasteiger partial charge on any atom is -0.356 e. The van der Waals surface area contributed by atoms with Gasteiger partial charge in [0.1, 0.15) is 0 Å². The van der Waals surface area contributed by atoms with E-state index in [0.717, 1.165) is 0 Å². The van der Waals surface area contributed by atoms with E-state index >= 15 is 0 Å². The quantitative estimate of drug-likeness (QED) is 0.226. The summed E-state index contributed by atoms with van der Waals surface area (Å²) in [6.07, 6.45) is 0. The minimum atomic E-state index is -1.75. The molecule has 0 aliphatic carbocycles. The molecule has 0 aliphatic heterocycles. The first kappa shape index (κ1) is 16.1. The van der Waals surface area contributed by atoms with E-state index in [1.807, 2.05) is 0 Å². The van der Waals surface area contributed by atoms with Crippen molar-refractivity contribution in [2.24, 2.45) is 0 Å². The molecule has 0 heterocycles. The molecule has 0 unspecified atom stereocenters. The minimum absolute atomic E-state index is 0. The van der Waals surface area contributed by atoms with Crippen LogP contribution in [0.1, 0.15) is 0 Å². The monoisotopic (exact) mass is 194 g/mol. The van der Waals surface area contributed by atoms with E-state index in [1.54, 1.807) is 0 Å². The maximum atomic E-state index is 8.25. The van der Waals surface area contributed by atoms with Crippen LogP contribution in [0.5, 0.6) is 0 Å². The SMILES string of the molecule is N#[O+].O=[N+]([O-])[O-].[Ru]. The van der Waals surface area contributed by atoms with Gasteiger partial charge in [0, 0.05) is 19.5 Å². The van der Waals surface area contributed by atoms with E-state index in [1.165, 1.54) is 0 Å². The van der Waals surface area contributed by atoms with E-state index in [9.17, 15) is 0 Å². The van der Waals surface area contributed by atoms with Crippen LogP contribution in [0.25, 0.3) is 0 Å². The van der Waals surface area contributed by atoms with Crippen molar-refractivity contribution in [2.45, 2.75) is 0 Å². The molecule has 0 spiro atoms.